The molecule has 0 heterocycles. The summed E-state index contributed by atoms with van der Waals surface area (Å²) in [6, 6.07) is 14.8. The fourth-order valence-corrected chi connectivity index (χ4v) is 2.31. The van der Waals surface area contributed by atoms with E-state index in [1.165, 1.54) is 17.2 Å². The van der Waals surface area contributed by atoms with Crippen LogP contribution in [-0.4, -0.2) is 16.1 Å². The molecule has 1 unspecified atom stereocenters. The summed E-state index contributed by atoms with van der Waals surface area (Å²) in [6.07, 6.45) is 1.09. The highest BCUT2D eigenvalue weighted by atomic mass is 16.6. The Labute approximate surface area is 124 Å². The molecule has 0 spiro atoms. The standard InChI is InChI=1S/C17H19NO3/c1-13-6-8-14(9-7-13)10-11-16(19)12-15-4-2-3-5-17(15)18(20)21/h2-9,16,19H,10-12H2,1H3. The average Bonchev–Trinajstić information content (AvgIpc) is 2.47. The van der Waals surface area contributed by atoms with E-state index >= 15 is 0 Å². The second kappa shape index (κ2) is 6.99. The van der Waals surface area contributed by atoms with Crippen LogP contribution < -0.4 is 0 Å². The molecule has 2 aromatic rings. The molecule has 0 aromatic heterocycles. The maximum atomic E-state index is 10.9. The molecule has 4 heteroatoms. The number of hydrogen-bond acceptors (Lipinski definition) is 3. The van der Waals surface area contributed by atoms with Gasteiger partial charge in [-0.05, 0) is 25.3 Å². The number of benzene rings is 2. The SMILES string of the molecule is Cc1ccc(CCC(O)Cc2ccccc2[N+](=O)[O-])cc1. The molecule has 1 atom stereocenters. The summed E-state index contributed by atoms with van der Waals surface area (Å²) in [5.41, 5.74) is 3.03. The van der Waals surface area contributed by atoms with E-state index < -0.39 is 11.0 Å². The van der Waals surface area contributed by atoms with Crippen molar-refractivity contribution in [3.8, 4) is 0 Å². The lowest BCUT2D eigenvalue weighted by atomic mass is 10.00. The molecule has 110 valence electrons. The third kappa shape index (κ3) is 4.39. The quantitative estimate of drug-likeness (QED) is 0.653. The minimum atomic E-state index is -0.576. The van der Waals surface area contributed by atoms with Crippen LogP contribution in [0.15, 0.2) is 48.5 Å². The number of aliphatic hydroxyl groups is 1. The first-order valence-electron chi connectivity index (χ1n) is 7.02. The van der Waals surface area contributed by atoms with Crippen molar-refractivity contribution in [1.29, 1.82) is 0 Å². The summed E-state index contributed by atoms with van der Waals surface area (Å²) in [6.45, 7) is 2.03. The van der Waals surface area contributed by atoms with Crippen LogP contribution in [0.1, 0.15) is 23.1 Å². The molecule has 0 aliphatic rings. The number of hydrogen-bond donors (Lipinski definition) is 1. The molecule has 0 aliphatic carbocycles. The van der Waals surface area contributed by atoms with Crippen molar-refractivity contribution in [2.75, 3.05) is 0 Å². The zero-order chi connectivity index (χ0) is 15.2. The monoisotopic (exact) mass is 285 g/mol. The third-order valence-corrected chi connectivity index (χ3v) is 3.53. The van der Waals surface area contributed by atoms with Gasteiger partial charge >= 0.3 is 0 Å². The summed E-state index contributed by atoms with van der Waals surface area (Å²) in [7, 11) is 0. The van der Waals surface area contributed by atoms with Crippen LogP contribution in [0.3, 0.4) is 0 Å². The van der Waals surface area contributed by atoms with E-state index in [0.717, 1.165) is 6.42 Å². The molecule has 4 nitrogen and oxygen atoms in total. The topological polar surface area (TPSA) is 63.4 Å². The van der Waals surface area contributed by atoms with Gasteiger partial charge in [0.2, 0.25) is 0 Å². The Bertz CT molecular complexity index is 608. The van der Waals surface area contributed by atoms with Gasteiger partial charge in [-0.25, -0.2) is 0 Å². The van der Waals surface area contributed by atoms with Crippen LogP contribution in [0, 0.1) is 17.0 Å². The van der Waals surface area contributed by atoms with E-state index in [1.54, 1.807) is 18.2 Å². The van der Waals surface area contributed by atoms with Crippen LogP contribution >= 0.6 is 0 Å². The zero-order valence-electron chi connectivity index (χ0n) is 12.0. The molecular weight excluding hydrogens is 266 g/mol. The van der Waals surface area contributed by atoms with E-state index in [9.17, 15) is 15.2 Å². The highest BCUT2D eigenvalue weighted by molar-refractivity contribution is 5.40. The summed E-state index contributed by atoms with van der Waals surface area (Å²) in [4.78, 5) is 10.5. The maximum Gasteiger partial charge on any atom is 0.272 e. The van der Waals surface area contributed by atoms with Crippen LogP contribution in [0.2, 0.25) is 0 Å². The van der Waals surface area contributed by atoms with Crippen LogP contribution in [-0.2, 0) is 12.8 Å². The van der Waals surface area contributed by atoms with Crippen molar-refractivity contribution in [1.82, 2.24) is 0 Å². The van der Waals surface area contributed by atoms with E-state index in [0.29, 0.717) is 18.4 Å². The summed E-state index contributed by atoms with van der Waals surface area (Å²) >= 11 is 0. The second-order valence-electron chi connectivity index (χ2n) is 5.27. The van der Waals surface area contributed by atoms with Crippen LogP contribution in [0.25, 0.3) is 0 Å². The fourth-order valence-electron chi connectivity index (χ4n) is 2.31. The largest absolute Gasteiger partial charge is 0.393 e. The minimum absolute atomic E-state index is 0.0758. The molecule has 0 fully saturated rings. The smallest absolute Gasteiger partial charge is 0.272 e. The van der Waals surface area contributed by atoms with Gasteiger partial charge in [0, 0.05) is 18.1 Å². The van der Waals surface area contributed by atoms with E-state index in [-0.39, 0.29) is 5.69 Å². The zero-order valence-corrected chi connectivity index (χ0v) is 12.0. The second-order valence-corrected chi connectivity index (χ2v) is 5.27. The molecule has 0 saturated carbocycles. The molecule has 21 heavy (non-hydrogen) atoms. The first-order chi connectivity index (χ1) is 10.1. The molecule has 0 radical (unpaired) electrons. The number of aliphatic hydroxyl groups excluding tert-OH is 1. The summed E-state index contributed by atoms with van der Waals surface area (Å²) in [5.74, 6) is 0. The Morgan fingerprint density at radius 3 is 2.48 bits per heavy atom. The Hall–Kier alpha value is -2.20. The Morgan fingerprint density at radius 2 is 1.81 bits per heavy atom. The minimum Gasteiger partial charge on any atom is -0.393 e. The van der Waals surface area contributed by atoms with Crippen molar-refractivity contribution in [2.45, 2.75) is 32.3 Å². The van der Waals surface area contributed by atoms with Crippen molar-refractivity contribution in [3.05, 3.63) is 75.3 Å². The van der Waals surface area contributed by atoms with Gasteiger partial charge in [0.25, 0.3) is 5.69 Å². The Morgan fingerprint density at radius 1 is 1.14 bits per heavy atom. The molecule has 0 saturated heterocycles. The highest BCUT2D eigenvalue weighted by Gasteiger charge is 2.15. The van der Waals surface area contributed by atoms with E-state index in [4.69, 9.17) is 0 Å². The molecule has 0 aliphatic heterocycles. The molecule has 2 aromatic carbocycles. The predicted octanol–water partition coefficient (Wildman–Crippen LogP) is 3.44. The number of para-hydroxylation sites is 1. The maximum absolute atomic E-state index is 10.9. The van der Waals surface area contributed by atoms with Gasteiger partial charge < -0.3 is 5.11 Å². The fraction of sp³-hybridized carbons (Fsp3) is 0.294. The number of aryl methyl sites for hydroxylation is 2. The van der Waals surface area contributed by atoms with Gasteiger partial charge in [-0.15, -0.1) is 0 Å². The van der Waals surface area contributed by atoms with E-state index in [2.05, 4.69) is 0 Å². The first kappa shape index (κ1) is 15.2. The molecule has 0 amide bonds. The van der Waals surface area contributed by atoms with Crippen LogP contribution in [0.4, 0.5) is 5.69 Å². The van der Waals surface area contributed by atoms with Gasteiger partial charge in [-0.3, -0.25) is 10.1 Å². The van der Waals surface area contributed by atoms with Gasteiger partial charge in [0.05, 0.1) is 11.0 Å². The van der Waals surface area contributed by atoms with Crippen molar-refractivity contribution in [3.63, 3.8) is 0 Å². The molecule has 2 rings (SSSR count). The lowest BCUT2D eigenvalue weighted by molar-refractivity contribution is -0.385. The number of nitro groups is 1. The Balaban J connectivity index is 1.94. The summed E-state index contributed by atoms with van der Waals surface area (Å²) < 4.78 is 0. The van der Waals surface area contributed by atoms with Gasteiger partial charge in [0.15, 0.2) is 0 Å². The highest BCUT2D eigenvalue weighted by Crippen LogP contribution is 2.20. The van der Waals surface area contributed by atoms with Gasteiger partial charge in [-0.1, -0.05) is 48.0 Å². The number of nitro benzene ring substituents is 1. The van der Waals surface area contributed by atoms with Crippen LogP contribution in [0.5, 0.6) is 0 Å². The predicted molar refractivity (Wildman–Crippen MR) is 82.3 cm³/mol. The van der Waals surface area contributed by atoms with E-state index in [1.807, 2.05) is 31.2 Å². The number of rotatable bonds is 6. The normalized spacial score (nSPS) is 12.1. The summed E-state index contributed by atoms with van der Waals surface area (Å²) in [5, 5.41) is 21.0. The Kier molecular flexibility index (Phi) is 5.06. The molecular formula is C17H19NO3. The lowest BCUT2D eigenvalue weighted by Gasteiger charge is -2.11. The van der Waals surface area contributed by atoms with Crippen molar-refractivity contribution < 1.29 is 10.0 Å². The van der Waals surface area contributed by atoms with Gasteiger partial charge in [-0.2, -0.15) is 0 Å². The molecule has 0 bridgehead atoms. The van der Waals surface area contributed by atoms with Gasteiger partial charge in [0.1, 0.15) is 0 Å². The number of nitrogens with zero attached hydrogens (tertiary/aromatic N) is 1. The third-order valence-electron chi connectivity index (χ3n) is 3.53. The lowest BCUT2D eigenvalue weighted by Crippen LogP contribution is -2.12. The average molecular weight is 285 g/mol. The van der Waals surface area contributed by atoms with Crippen molar-refractivity contribution >= 4 is 5.69 Å². The van der Waals surface area contributed by atoms with Crippen molar-refractivity contribution in [2.24, 2.45) is 0 Å². The first-order valence-corrected chi connectivity index (χ1v) is 7.02. The molecule has 1 N–H and O–H groups in total.